The lowest BCUT2D eigenvalue weighted by Crippen LogP contribution is -2.17. The van der Waals surface area contributed by atoms with E-state index in [-0.39, 0.29) is 0 Å². The van der Waals surface area contributed by atoms with E-state index in [1.54, 1.807) is 0 Å². The van der Waals surface area contributed by atoms with Crippen molar-refractivity contribution in [2.45, 2.75) is 0 Å². The van der Waals surface area contributed by atoms with Crippen LogP contribution >= 0.6 is 11.6 Å². The molecule has 0 heterocycles. The molecule has 0 fully saturated rings. The van der Waals surface area contributed by atoms with Gasteiger partial charge in [0.05, 0.1) is 12.1 Å². The SMILES string of the molecule is NCC(=O)c1c(F)cc(F)c(Cl)c1F. The summed E-state index contributed by atoms with van der Waals surface area (Å²) in [5.41, 5.74) is 4.01. The Morgan fingerprint density at radius 2 is 1.93 bits per heavy atom. The zero-order valence-corrected chi connectivity index (χ0v) is 7.54. The van der Waals surface area contributed by atoms with Crippen LogP contribution in [0.15, 0.2) is 6.07 Å². The predicted molar refractivity (Wildman–Crippen MR) is 44.7 cm³/mol. The second-order valence-corrected chi connectivity index (χ2v) is 2.85. The van der Waals surface area contributed by atoms with Gasteiger partial charge in [-0.15, -0.1) is 0 Å². The molecule has 2 nitrogen and oxygen atoms in total. The van der Waals surface area contributed by atoms with Crippen molar-refractivity contribution in [1.29, 1.82) is 0 Å². The monoisotopic (exact) mass is 223 g/mol. The van der Waals surface area contributed by atoms with Gasteiger partial charge in [0.15, 0.2) is 11.6 Å². The molecular formula is C8H5ClF3NO. The fourth-order valence-electron chi connectivity index (χ4n) is 0.924. The Morgan fingerprint density at radius 1 is 1.36 bits per heavy atom. The molecule has 2 N–H and O–H groups in total. The Kier molecular flexibility index (Phi) is 3.13. The summed E-state index contributed by atoms with van der Waals surface area (Å²) in [6.45, 7) is -0.574. The van der Waals surface area contributed by atoms with Crippen molar-refractivity contribution in [1.82, 2.24) is 0 Å². The molecule has 0 aromatic heterocycles. The molecule has 14 heavy (non-hydrogen) atoms. The highest BCUT2D eigenvalue weighted by Gasteiger charge is 2.21. The summed E-state index contributed by atoms with van der Waals surface area (Å²) in [7, 11) is 0. The van der Waals surface area contributed by atoms with Crippen LogP contribution in [0.2, 0.25) is 5.02 Å². The van der Waals surface area contributed by atoms with Crippen LogP contribution < -0.4 is 5.73 Å². The molecule has 0 amide bonds. The van der Waals surface area contributed by atoms with Crippen LogP contribution in [-0.2, 0) is 0 Å². The first-order chi connectivity index (χ1) is 6.49. The van der Waals surface area contributed by atoms with Crippen LogP contribution in [0.1, 0.15) is 10.4 Å². The van der Waals surface area contributed by atoms with E-state index in [1.807, 2.05) is 0 Å². The number of benzene rings is 1. The van der Waals surface area contributed by atoms with Gasteiger partial charge in [0.25, 0.3) is 0 Å². The topological polar surface area (TPSA) is 43.1 Å². The first-order valence-corrected chi connectivity index (χ1v) is 3.93. The summed E-state index contributed by atoms with van der Waals surface area (Å²) in [4.78, 5) is 10.9. The standard InChI is InChI=1S/C8H5ClF3NO/c9-7-4(11)1-3(10)6(8(7)12)5(14)2-13/h1H,2,13H2. The number of rotatable bonds is 2. The number of carbonyl (C=O) groups is 1. The molecule has 6 heteroatoms. The highest BCUT2D eigenvalue weighted by molar-refractivity contribution is 6.31. The minimum Gasteiger partial charge on any atom is -0.324 e. The molecule has 0 saturated heterocycles. The van der Waals surface area contributed by atoms with E-state index < -0.39 is 40.4 Å². The van der Waals surface area contributed by atoms with E-state index in [9.17, 15) is 18.0 Å². The lowest BCUT2D eigenvalue weighted by Gasteiger charge is -2.04. The Balaban J connectivity index is 3.44. The molecule has 0 unspecified atom stereocenters. The zero-order valence-electron chi connectivity index (χ0n) is 6.78. The minimum atomic E-state index is -1.42. The Bertz CT molecular complexity index is 395. The van der Waals surface area contributed by atoms with Crippen molar-refractivity contribution in [2.75, 3.05) is 6.54 Å². The number of nitrogens with two attached hydrogens (primary N) is 1. The molecule has 0 saturated carbocycles. The summed E-state index contributed by atoms with van der Waals surface area (Å²) >= 11 is 5.15. The van der Waals surface area contributed by atoms with Crippen molar-refractivity contribution in [2.24, 2.45) is 5.73 Å². The summed E-state index contributed by atoms with van der Waals surface area (Å²) in [5, 5.41) is -0.914. The van der Waals surface area contributed by atoms with Gasteiger partial charge in [-0.2, -0.15) is 0 Å². The van der Waals surface area contributed by atoms with Crippen LogP contribution in [0.4, 0.5) is 13.2 Å². The van der Waals surface area contributed by atoms with Gasteiger partial charge >= 0.3 is 0 Å². The maximum Gasteiger partial charge on any atom is 0.182 e. The van der Waals surface area contributed by atoms with E-state index in [4.69, 9.17) is 17.3 Å². The molecule has 1 aromatic rings. The molecule has 0 spiro atoms. The average molecular weight is 224 g/mol. The van der Waals surface area contributed by atoms with Gasteiger partial charge < -0.3 is 5.73 Å². The van der Waals surface area contributed by atoms with Gasteiger partial charge in [0.1, 0.15) is 16.7 Å². The van der Waals surface area contributed by atoms with Gasteiger partial charge in [-0.1, -0.05) is 11.6 Å². The predicted octanol–water partition coefficient (Wildman–Crippen LogP) is 1.90. The van der Waals surface area contributed by atoms with Crippen LogP contribution in [0.3, 0.4) is 0 Å². The third-order valence-corrected chi connectivity index (χ3v) is 1.92. The average Bonchev–Trinajstić information content (AvgIpc) is 2.14. The zero-order chi connectivity index (χ0) is 10.9. The van der Waals surface area contributed by atoms with Gasteiger partial charge in [-0.3, -0.25) is 4.79 Å². The Morgan fingerprint density at radius 3 is 2.43 bits per heavy atom. The number of Topliss-reactive ketones (excluding diaryl/α,β-unsaturated/α-hetero) is 1. The summed E-state index contributed by atoms with van der Waals surface area (Å²) in [6, 6.07) is 0.342. The number of hydrogen-bond acceptors (Lipinski definition) is 2. The fraction of sp³-hybridized carbons (Fsp3) is 0.125. The number of carbonyl (C=O) groups excluding carboxylic acids is 1. The molecule has 0 aliphatic rings. The van der Waals surface area contributed by atoms with E-state index in [0.717, 1.165) is 0 Å². The number of hydrogen-bond donors (Lipinski definition) is 1. The fourth-order valence-corrected chi connectivity index (χ4v) is 1.07. The van der Waals surface area contributed by atoms with E-state index >= 15 is 0 Å². The number of halogens is 4. The van der Waals surface area contributed by atoms with Crippen molar-refractivity contribution in [3.8, 4) is 0 Å². The molecule has 0 aliphatic carbocycles. The largest absolute Gasteiger partial charge is 0.324 e. The van der Waals surface area contributed by atoms with Gasteiger partial charge in [-0.05, 0) is 0 Å². The Labute approximate surface area is 82.5 Å². The summed E-state index contributed by atoms with van der Waals surface area (Å²) < 4.78 is 38.6. The smallest absolute Gasteiger partial charge is 0.182 e. The number of ketones is 1. The molecule has 1 aromatic carbocycles. The van der Waals surface area contributed by atoms with Crippen molar-refractivity contribution < 1.29 is 18.0 Å². The van der Waals surface area contributed by atoms with Gasteiger partial charge in [-0.25, -0.2) is 13.2 Å². The normalized spacial score (nSPS) is 10.4. The Hall–Kier alpha value is -1.07. The van der Waals surface area contributed by atoms with Gasteiger partial charge in [0, 0.05) is 6.07 Å². The van der Waals surface area contributed by atoms with E-state index in [0.29, 0.717) is 6.07 Å². The quantitative estimate of drug-likeness (QED) is 0.473. The van der Waals surface area contributed by atoms with Gasteiger partial charge in [0.2, 0.25) is 0 Å². The molecule has 1 rings (SSSR count). The van der Waals surface area contributed by atoms with Crippen LogP contribution in [0.25, 0.3) is 0 Å². The second-order valence-electron chi connectivity index (χ2n) is 2.47. The maximum absolute atomic E-state index is 13.1. The van der Waals surface area contributed by atoms with Crippen molar-refractivity contribution in [3.63, 3.8) is 0 Å². The highest BCUT2D eigenvalue weighted by Crippen LogP contribution is 2.24. The molecule has 0 bridgehead atoms. The molecule has 0 radical (unpaired) electrons. The molecular weight excluding hydrogens is 219 g/mol. The third-order valence-electron chi connectivity index (χ3n) is 1.58. The van der Waals surface area contributed by atoms with E-state index in [1.165, 1.54) is 0 Å². The van der Waals surface area contributed by atoms with E-state index in [2.05, 4.69) is 0 Å². The lowest BCUT2D eigenvalue weighted by atomic mass is 10.1. The minimum absolute atomic E-state index is 0.342. The summed E-state index contributed by atoms with van der Waals surface area (Å²) in [5.74, 6) is -4.95. The first-order valence-electron chi connectivity index (χ1n) is 3.55. The molecule has 76 valence electrons. The lowest BCUT2D eigenvalue weighted by molar-refractivity contribution is 0.0993. The van der Waals surface area contributed by atoms with Crippen molar-refractivity contribution >= 4 is 17.4 Å². The second kappa shape index (κ2) is 3.98. The van der Waals surface area contributed by atoms with Crippen LogP contribution in [0, 0.1) is 17.5 Å². The van der Waals surface area contributed by atoms with Crippen LogP contribution in [-0.4, -0.2) is 12.3 Å². The van der Waals surface area contributed by atoms with Crippen LogP contribution in [0.5, 0.6) is 0 Å². The summed E-state index contributed by atoms with van der Waals surface area (Å²) in [6.07, 6.45) is 0. The van der Waals surface area contributed by atoms with Crippen molar-refractivity contribution in [3.05, 3.63) is 34.1 Å². The highest BCUT2D eigenvalue weighted by atomic mass is 35.5. The first kappa shape index (κ1) is 11.0. The molecule has 0 aliphatic heterocycles. The molecule has 0 atom stereocenters. The maximum atomic E-state index is 13.1. The third kappa shape index (κ3) is 1.73.